The van der Waals surface area contributed by atoms with Crippen molar-refractivity contribution in [1.29, 1.82) is 0 Å². The molecular weight excluding hydrogens is 443 g/mol. The van der Waals surface area contributed by atoms with Crippen LogP contribution in [-0.4, -0.2) is 51.1 Å². The highest BCUT2D eigenvalue weighted by Crippen LogP contribution is 2.36. The number of nitrogens with zero attached hydrogens (tertiary/aromatic N) is 1. The molecule has 1 saturated heterocycles. The second kappa shape index (κ2) is 10.1. The zero-order valence-electron chi connectivity index (χ0n) is 17.5. The van der Waals surface area contributed by atoms with E-state index >= 15 is 0 Å². The molecule has 2 aromatic rings. The summed E-state index contributed by atoms with van der Waals surface area (Å²) in [5.41, 5.74) is 0.895. The van der Waals surface area contributed by atoms with Crippen LogP contribution in [0.1, 0.15) is 23.2 Å². The zero-order chi connectivity index (χ0) is 22.5. The third kappa shape index (κ3) is 5.17. The minimum atomic E-state index is -0.239. The van der Waals surface area contributed by atoms with Gasteiger partial charge >= 0.3 is 0 Å². The lowest BCUT2D eigenvalue weighted by Crippen LogP contribution is -2.41. The highest BCUT2D eigenvalue weighted by Gasteiger charge is 2.29. The number of hydrogen-bond donors (Lipinski definition) is 1. The second-order valence-corrected chi connectivity index (χ2v) is 7.93. The molecule has 9 heteroatoms. The number of halogens is 2. The molecule has 0 saturated carbocycles. The molecule has 0 bridgehead atoms. The molecule has 7 nitrogen and oxygen atoms in total. The van der Waals surface area contributed by atoms with E-state index in [0.29, 0.717) is 64.5 Å². The maximum Gasteiger partial charge on any atom is 0.257 e. The third-order valence-electron chi connectivity index (χ3n) is 5.28. The van der Waals surface area contributed by atoms with Crippen LogP contribution in [0.4, 0.5) is 5.69 Å². The fraction of sp³-hybridized carbons (Fsp3) is 0.364. The molecule has 1 aliphatic rings. The quantitative estimate of drug-likeness (QED) is 0.677. The summed E-state index contributed by atoms with van der Waals surface area (Å²) in [6, 6.07) is 8.16. The van der Waals surface area contributed by atoms with Gasteiger partial charge in [0.25, 0.3) is 5.91 Å². The molecule has 0 radical (unpaired) electrons. The summed E-state index contributed by atoms with van der Waals surface area (Å²) in [5.74, 6) is 0.806. The van der Waals surface area contributed by atoms with Crippen molar-refractivity contribution in [2.45, 2.75) is 12.8 Å². The van der Waals surface area contributed by atoms with Gasteiger partial charge in [0.2, 0.25) is 5.91 Å². The van der Waals surface area contributed by atoms with E-state index in [1.165, 1.54) is 21.3 Å². The largest absolute Gasteiger partial charge is 0.496 e. The molecular formula is C22H24Cl2N2O5. The van der Waals surface area contributed by atoms with Crippen LogP contribution < -0.4 is 19.5 Å². The van der Waals surface area contributed by atoms with Crippen LogP contribution in [0.15, 0.2) is 30.3 Å². The van der Waals surface area contributed by atoms with Crippen LogP contribution in [-0.2, 0) is 4.79 Å². The summed E-state index contributed by atoms with van der Waals surface area (Å²) in [6.07, 6.45) is 1.07. The minimum Gasteiger partial charge on any atom is -0.496 e. The summed E-state index contributed by atoms with van der Waals surface area (Å²) >= 11 is 12.2. The topological polar surface area (TPSA) is 77.1 Å². The Hall–Kier alpha value is -2.64. The average Bonchev–Trinajstić information content (AvgIpc) is 2.79. The lowest BCUT2D eigenvalue weighted by molar-refractivity contribution is -0.121. The highest BCUT2D eigenvalue weighted by atomic mass is 35.5. The number of likely N-dealkylation sites (tertiary alicyclic amines) is 1. The number of carbonyl (C=O) groups is 2. The number of methoxy groups -OCH3 is 3. The zero-order valence-corrected chi connectivity index (χ0v) is 19.0. The molecule has 166 valence electrons. The average molecular weight is 467 g/mol. The van der Waals surface area contributed by atoms with Gasteiger partial charge in [0.15, 0.2) is 0 Å². The van der Waals surface area contributed by atoms with Gasteiger partial charge in [-0.3, -0.25) is 9.59 Å². The number of amides is 2. The summed E-state index contributed by atoms with van der Waals surface area (Å²) in [4.78, 5) is 27.5. The number of anilines is 1. The van der Waals surface area contributed by atoms with Gasteiger partial charge in [-0.2, -0.15) is 0 Å². The molecule has 0 spiro atoms. The van der Waals surface area contributed by atoms with E-state index in [1.54, 1.807) is 35.2 Å². The normalized spacial score (nSPS) is 14.2. The van der Waals surface area contributed by atoms with Crippen LogP contribution >= 0.6 is 23.2 Å². The Morgan fingerprint density at radius 3 is 2.19 bits per heavy atom. The minimum absolute atomic E-state index is 0.143. The van der Waals surface area contributed by atoms with Gasteiger partial charge in [0, 0.05) is 36.2 Å². The molecule has 1 aliphatic heterocycles. The standard InChI is InChI=1S/C22H24Cl2N2O5/c1-29-18-5-4-14(23)10-15(18)22(28)26-8-6-13(7-9-26)21(27)25-17-12-19(30-2)16(24)11-20(17)31-3/h4-5,10-13H,6-9H2,1-3H3,(H,25,27). The molecule has 3 rings (SSSR count). The van der Waals surface area contributed by atoms with Crippen LogP contribution in [0.2, 0.25) is 10.0 Å². The number of ether oxygens (including phenoxy) is 3. The Bertz CT molecular complexity index is 975. The van der Waals surface area contributed by atoms with Crippen LogP contribution in [0, 0.1) is 5.92 Å². The van der Waals surface area contributed by atoms with Crippen molar-refractivity contribution in [3.05, 3.63) is 45.9 Å². The Morgan fingerprint density at radius 1 is 0.935 bits per heavy atom. The Morgan fingerprint density at radius 2 is 1.58 bits per heavy atom. The number of benzene rings is 2. The van der Waals surface area contributed by atoms with E-state index < -0.39 is 0 Å². The Balaban J connectivity index is 1.66. The molecule has 0 atom stereocenters. The predicted octanol–water partition coefficient (Wildman–Crippen LogP) is 4.51. The number of nitrogens with one attached hydrogen (secondary N) is 1. The Labute approximate surface area is 191 Å². The van der Waals surface area contributed by atoms with Gasteiger partial charge in [-0.1, -0.05) is 23.2 Å². The van der Waals surface area contributed by atoms with Crippen molar-refractivity contribution in [1.82, 2.24) is 4.90 Å². The fourth-order valence-electron chi connectivity index (χ4n) is 3.56. The number of carbonyl (C=O) groups excluding carboxylic acids is 2. The van der Waals surface area contributed by atoms with Gasteiger partial charge in [-0.05, 0) is 31.0 Å². The second-order valence-electron chi connectivity index (χ2n) is 7.09. The summed E-state index contributed by atoms with van der Waals surface area (Å²) < 4.78 is 15.8. The van der Waals surface area contributed by atoms with E-state index in [-0.39, 0.29) is 17.7 Å². The van der Waals surface area contributed by atoms with Gasteiger partial charge in [0.05, 0.1) is 37.6 Å². The molecule has 1 N–H and O–H groups in total. The first-order valence-corrected chi connectivity index (χ1v) is 10.5. The molecule has 1 fully saturated rings. The maximum absolute atomic E-state index is 12.9. The maximum atomic E-state index is 12.9. The number of hydrogen-bond acceptors (Lipinski definition) is 5. The fourth-order valence-corrected chi connectivity index (χ4v) is 3.96. The van der Waals surface area contributed by atoms with Crippen molar-refractivity contribution in [2.24, 2.45) is 5.92 Å². The molecule has 0 aliphatic carbocycles. The van der Waals surface area contributed by atoms with E-state index in [0.717, 1.165) is 0 Å². The molecule has 1 heterocycles. The monoisotopic (exact) mass is 466 g/mol. The lowest BCUT2D eigenvalue weighted by atomic mass is 9.95. The van der Waals surface area contributed by atoms with Crippen LogP contribution in [0.3, 0.4) is 0 Å². The van der Waals surface area contributed by atoms with E-state index in [2.05, 4.69) is 5.32 Å². The number of piperidine rings is 1. The van der Waals surface area contributed by atoms with Gasteiger partial charge < -0.3 is 24.4 Å². The SMILES string of the molecule is COc1cc(NC(=O)C2CCN(C(=O)c3cc(Cl)ccc3OC)CC2)c(OC)cc1Cl. The first-order valence-electron chi connectivity index (χ1n) is 9.73. The smallest absolute Gasteiger partial charge is 0.257 e. The van der Waals surface area contributed by atoms with Gasteiger partial charge in [-0.15, -0.1) is 0 Å². The van der Waals surface area contributed by atoms with Crippen molar-refractivity contribution in [3.8, 4) is 17.2 Å². The summed E-state index contributed by atoms with van der Waals surface area (Å²) in [7, 11) is 4.51. The van der Waals surface area contributed by atoms with Crippen LogP contribution in [0.5, 0.6) is 17.2 Å². The predicted molar refractivity (Wildman–Crippen MR) is 120 cm³/mol. The van der Waals surface area contributed by atoms with E-state index in [1.807, 2.05) is 0 Å². The van der Waals surface area contributed by atoms with E-state index in [9.17, 15) is 9.59 Å². The first-order chi connectivity index (χ1) is 14.9. The van der Waals surface area contributed by atoms with Crippen LogP contribution in [0.25, 0.3) is 0 Å². The van der Waals surface area contributed by atoms with Gasteiger partial charge in [-0.25, -0.2) is 0 Å². The van der Waals surface area contributed by atoms with Crippen molar-refractivity contribution < 1.29 is 23.8 Å². The van der Waals surface area contributed by atoms with Crippen molar-refractivity contribution >= 4 is 40.7 Å². The van der Waals surface area contributed by atoms with Crippen molar-refractivity contribution in [3.63, 3.8) is 0 Å². The Kier molecular flexibility index (Phi) is 7.51. The number of rotatable bonds is 6. The first kappa shape index (κ1) is 23.0. The molecule has 0 aromatic heterocycles. The third-order valence-corrected chi connectivity index (χ3v) is 5.81. The lowest BCUT2D eigenvalue weighted by Gasteiger charge is -2.31. The summed E-state index contributed by atoms with van der Waals surface area (Å²) in [5, 5.41) is 3.74. The van der Waals surface area contributed by atoms with Crippen molar-refractivity contribution in [2.75, 3.05) is 39.7 Å². The molecule has 31 heavy (non-hydrogen) atoms. The molecule has 2 amide bonds. The van der Waals surface area contributed by atoms with Gasteiger partial charge in [0.1, 0.15) is 17.2 Å². The summed E-state index contributed by atoms with van der Waals surface area (Å²) in [6.45, 7) is 0.904. The highest BCUT2D eigenvalue weighted by molar-refractivity contribution is 6.32. The molecule has 2 aromatic carbocycles. The van der Waals surface area contributed by atoms with E-state index in [4.69, 9.17) is 37.4 Å². The molecule has 0 unspecified atom stereocenters.